The van der Waals surface area contributed by atoms with Gasteiger partial charge in [0.25, 0.3) is 0 Å². The summed E-state index contributed by atoms with van der Waals surface area (Å²) in [4.78, 5) is 15.3. The van der Waals surface area contributed by atoms with Crippen molar-refractivity contribution in [1.29, 1.82) is 5.26 Å². The van der Waals surface area contributed by atoms with Crippen LogP contribution in [-0.4, -0.2) is 50.5 Å². The molecule has 2 atom stereocenters. The second-order valence-electron chi connectivity index (χ2n) is 7.69. The van der Waals surface area contributed by atoms with Crippen LogP contribution in [-0.2, 0) is 0 Å². The quantitative estimate of drug-likeness (QED) is 0.677. The molecule has 7 nitrogen and oxygen atoms in total. The third kappa shape index (κ3) is 3.54. The smallest absolute Gasteiger partial charge is 0.197 e. The number of hydrogen-bond donors (Lipinski definition) is 1. The first kappa shape index (κ1) is 20.9. The van der Waals surface area contributed by atoms with Crippen LogP contribution in [0.5, 0.6) is 11.5 Å². The van der Waals surface area contributed by atoms with Crippen LogP contribution >= 0.6 is 0 Å². The van der Waals surface area contributed by atoms with Gasteiger partial charge in [-0.05, 0) is 44.3 Å². The number of nitrogens with zero attached hydrogens (tertiary/aromatic N) is 2. The number of aliphatic hydroxyl groups is 1. The lowest BCUT2D eigenvalue weighted by atomic mass is 9.89. The van der Waals surface area contributed by atoms with Crippen molar-refractivity contribution in [3.05, 3.63) is 57.7 Å². The van der Waals surface area contributed by atoms with Gasteiger partial charge in [-0.3, -0.25) is 4.79 Å². The van der Waals surface area contributed by atoms with E-state index >= 15 is 0 Å². The van der Waals surface area contributed by atoms with Crippen LogP contribution in [0.25, 0.3) is 22.3 Å². The molecule has 160 valence electrons. The molecule has 0 unspecified atom stereocenters. The Bertz CT molecular complexity index is 1210. The normalized spacial score (nSPS) is 18.8. The first-order chi connectivity index (χ1) is 15.0. The van der Waals surface area contributed by atoms with Crippen molar-refractivity contribution >= 4 is 11.0 Å². The highest BCUT2D eigenvalue weighted by atomic mass is 16.5. The van der Waals surface area contributed by atoms with Gasteiger partial charge < -0.3 is 23.9 Å². The Morgan fingerprint density at radius 2 is 1.90 bits per heavy atom. The third-order valence-electron chi connectivity index (χ3n) is 6.09. The average molecular weight is 420 g/mol. The van der Waals surface area contributed by atoms with Crippen LogP contribution in [0.15, 0.2) is 45.6 Å². The van der Waals surface area contributed by atoms with Gasteiger partial charge in [0.05, 0.1) is 32.5 Å². The molecule has 1 aliphatic rings. The van der Waals surface area contributed by atoms with E-state index in [0.717, 1.165) is 18.5 Å². The van der Waals surface area contributed by atoms with Gasteiger partial charge in [0.2, 0.25) is 0 Å². The molecule has 1 aliphatic heterocycles. The molecule has 7 heteroatoms. The summed E-state index contributed by atoms with van der Waals surface area (Å²) in [5.41, 5.74) is 2.15. The van der Waals surface area contributed by atoms with Crippen LogP contribution < -0.4 is 14.9 Å². The molecule has 4 rings (SSSR count). The van der Waals surface area contributed by atoms with Crippen molar-refractivity contribution in [3.63, 3.8) is 0 Å². The van der Waals surface area contributed by atoms with E-state index in [4.69, 9.17) is 19.2 Å². The molecule has 1 saturated heterocycles. The van der Waals surface area contributed by atoms with Crippen molar-refractivity contribution in [2.75, 3.05) is 34.4 Å². The molecule has 0 bridgehead atoms. The number of likely N-dealkylation sites (tertiary alicyclic amines) is 1. The molecule has 0 spiro atoms. The molecule has 0 saturated carbocycles. The van der Waals surface area contributed by atoms with E-state index in [1.54, 1.807) is 37.4 Å². The van der Waals surface area contributed by atoms with Gasteiger partial charge in [0.1, 0.15) is 28.2 Å². The van der Waals surface area contributed by atoms with Crippen LogP contribution in [0.4, 0.5) is 0 Å². The number of aliphatic hydroxyl groups excluding tert-OH is 1. The summed E-state index contributed by atoms with van der Waals surface area (Å²) in [6, 6.07) is 12.0. The average Bonchev–Trinajstić information content (AvgIpc) is 3.17. The first-order valence-electron chi connectivity index (χ1n) is 10.1. The summed E-state index contributed by atoms with van der Waals surface area (Å²) in [5, 5.41) is 19.4. The van der Waals surface area contributed by atoms with E-state index in [1.165, 1.54) is 13.2 Å². The van der Waals surface area contributed by atoms with Crippen LogP contribution in [0.2, 0.25) is 0 Å². The molecule has 1 N–H and O–H groups in total. The van der Waals surface area contributed by atoms with Crippen LogP contribution in [0.3, 0.4) is 0 Å². The third-order valence-corrected chi connectivity index (χ3v) is 6.09. The van der Waals surface area contributed by atoms with Gasteiger partial charge >= 0.3 is 0 Å². The van der Waals surface area contributed by atoms with E-state index in [-0.39, 0.29) is 24.0 Å². The van der Waals surface area contributed by atoms with Crippen LogP contribution in [0.1, 0.15) is 23.5 Å². The second kappa shape index (κ2) is 8.42. The fourth-order valence-corrected chi connectivity index (χ4v) is 4.44. The molecule has 0 amide bonds. The predicted octanol–water partition coefficient (Wildman–Crippen LogP) is 3.13. The Hall–Kier alpha value is -3.34. The Balaban J connectivity index is 2.02. The van der Waals surface area contributed by atoms with Crippen molar-refractivity contribution in [3.8, 4) is 28.9 Å². The summed E-state index contributed by atoms with van der Waals surface area (Å²) in [7, 11) is 5.04. The van der Waals surface area contributed by atoms with E-state index in [0.29, 0.717) is 39.4 Å². The molecule has 3 aromatic rings. The summed E-state index contributed by atoms with van der Waals surface area (Å²) >= 11 is 0. The maximum atomic E-state index is 13.2. The van der Waals surface area contributed by atoms with Crippen molar-refractivity contribution in [1.82, 2.24) is 4.90 Å². The minimum atomic E-state index is -0.228. The first-order valence-corrected chi connectivity index (χ1v) is 10.1. The molecule has 1 fully saturated rings. The molecule has 0 radical (unpaired) electrons. The maximum absolute atomic E-state index is 13.2. The number of hydrogen-bond acceptors (Lipinski definition) is 7. The Morgan fingerprint density at radius 1 is 1.19 bits per heavy atom. The highest BCUT2D eigenvalue weighted by Gasteiger charge is 2.37. The number of rotatable bonds is 5. The number of fused-ring (bicyclic) bond motifs is 1. The van der Waals surface area contributed by atoms with Crippen molar-refractivity contribution in [2.24, 2.45) is 0 Å². The second-order valence-corrected chi connectivity index (χ2v) is 7.69. The van der Waals surface area contributed by atoms with Gasteiger partial charge in [0.15, 0.2) is 5.43 Å². The Kier molecular flexibility index (Phi) is 5.68. The van der Waals surface area contributed by atoms with Gasteiger partial charge in [-0.25, -0.2) is 0 Å². The van der Waals surface area contributed by atoms with Gasteiger partial charge in [-0.15, -0.1) is 0 Å². The minimum absolute atomic E-state index is 0.0165. The van der Waals surface area contributed by atoms with Gasteiger partial charge in [-0.1, -0.05) is 0 Å². The highest BCUT2D eigenvalue weighted by Crippen LogP contribution is 2.44. The maximum Gasteiger partial charge on any atom is 0.197 e. The molecule has 2 heterocycles. The fourth-order valence-electron chi connectivity index (χ4n) is 4.44. The zero-order valence-electron chi connectivity index (χ0n) is 17.7. The number of nitriles is 1. The topological polar surface area (TPSA) is 95.9 Å². The molecule has 1 aromatic heterocycles. The standard InChI is InChI=1S/C24H24N2O5/c1-26-9-8-16(17(26)13-27)22-20(29-2)11-21(30-3)23-18(28)10-19(31-24(22)23)15-6-4-14(12-25)5-7-15/h4-7,10-11,16-17,27H,8-9,13H2,1-3H3/t16-,17+/m1/s1. The SMILES string of the molecule is COc1cc(OC)c2c(=O)cc(-c3ccc(C#N)cc3)oc2c1[C@@H]1CCN(C)[C@H]1CO. The van der Waals surface area contributed by atoms with E-state index < -0.39 is 0 Å². The van der Waals surface area contributed by atoms with Crippen molar-refractivity contribution < 1.29 is 19.0 Å². The predicted molar refractivity (Wildman–Crippen MR) is 117 cm³/mol. The van der Waals surface area contributed by atoms with E-state index in [1.807, 2.05) is 7.05 Å². The largest absolute Gasteiger partial charge is 0.496 e. The van der Waals surface area contributed by atoms with Gasteiger partial charge in [0, 0.05) is 35.2 Å². The lowest BCUT2D eigenvalue weighted by molar-refractivity contribution is 0.171. The summed E-state index contributed by atoms with van der Waals surface area (Å²) in [6.45, 7) is 0.795. The van der Waals surface area contributed by atoms with E-state index in [9.17, 15) is 9.90 Å². The summed E-state index contributed by atoms with van der Waals surface area (Å²) in [6.07, 6.45) is 0.796. The number of benzene rings is 2. The zero-order valence-corrected chi connectivity index (χ0v) is 17.7. The Morgan fingerprint density at radius 3 is 2.52 bits per heavy atom. The van der Waals surface area contributed by atoms with Crippen molar-refractivity contribution in [2.45, 2.75) is 18.4 Å². The molecular formula is C24H24N2O5. The number of likely N-dealkylation sites (N-methyl/N-ethyl adjacent to an activating group) is 1. The Labute approximate surface area is 180 Å². The summed E-state index contributed by atoms with van der Waals surface area (Å²) in [5.74, 6) is 1.26. The zero-order chi connectivity index (χ0) is 22.1. The number of methoxy groups -OCH3 is 2. The molecule has 2 aromatic carbocycles. The molecular weight excluding hydrogens is 396 g/mol. The molecule has 0 aliphatic carbocycles. The summed E-state index contributed by atoms with van der Waals surface area (Å²) < 4.78 is 17.5. The molecule has 31 heavy (non-hydrogen) atoms. The fraction of sp³-hybridized carbons (Fsp3) is 0.333. The monoisotopic (exact) mass is 420 g/mol. The van der Waals surface area contributed by atoms with E-state index in [2.05, 4.69) is 11.0 Å². The van der Waals surface area contributed by atoms with Crippen LogP contribution in [0, 0.1) is 11.3 Å². The highest BCUT2D eigenvalue weighted by molar-refractivity contribution is 5.90. The lowest BCUT2D eigenvalue weighted by Crippen LogP contribution is -2.32. The lowest BCUT2D eigenvalue weighted by Gasteiger charge is -2.25. The van der Waals surface area contributed by atoms with Gasteiger partial charge in [-0.2, -0.15) is 5.26 Å². The minimum Gasteiger partial charge on any atom is -0.496 e. The number of ether oxygens (including phenoxy) is 2.